The van der Waals surface area contributed by atoms with Crippen molar-refractivity contribution in [3.8, 4) is 11.5 Å². The predicted molar refractivity (Wildman–Crippen MR) is 87.8 cm³/mol. The fourth-order valence-corrected chi connectivity index (χ4v) is 3.02. The Bertz CT molecular complexity index is 662. The van der Waals surface area contributed by atoms with Gasteiger partial charge in [-0.2, -0.15) is 0 Å². The van der Waals surface area contributed by atoms with Gasteiger partial charge in [-0.15, -0.1) is 0 Å². The molecule has 0 saturated heterocycles. The highest BCUT2D eigenvalue weighted by Crippen LogP contribution is 2.39. The minimum Gasteiger partial charge on any atom is -0.493 e. The predicted octanol–water partition coefficient (Wildman–Crippen LogP) is 4.85. The lowest BCUT2D eigenvalue weighted by Crippen LogP contribution is -2.03. The Balaban J connectivity index is 2.50. The molecule has 0 aromatic heterocycles. The van der Waals surface area contributed by atoms with Crippen LogP contribution < -0.4 is 9.47 Å². The van der Waals surface area contributed by atoms with Crippen LogP contribution in [0.5, 0.6) is 11.5 Å². The molecular weight excluding hydrogens is 379 g/mol. The molecule has 2 rings (SSSR count). The Morgan fingerprint density at radius 1 is 1.00 bits per heavy atom. The Morgan fingerprint density at radius 2 is 1.62 bits per heavy atom. The molecule has 0 saturated carbocycles. The topological polar surface area (TPSA) is 38.7 Å². The zero-order valence-electron chi connectivity index (χ0n) is 11.4. The zero-order chi connectivity index (χ0) is 15.6. The molecule has 3 nitrogen and oxygen atoms in total. The van der Waals surface area contributed by atoms with E-state index < -0.39 is 6.10 Å². The van der Waals surface area contributed by atoms with Crippen LogP contribution in [0.15, 0.2) is 34.8 Å². The van der Waals surface area contributed by atoms with E-state index >= 15 is 0 Å². The number of hydrogen-bond acceptors (Lipinski definition) is 3. The van der Waals surface area contributed by atoms with E-state index in [2.05, 4.69) is 15.9 Å². The molecule has 0 amide bonds. The van der Waals surface area contributed by atoms with Gasteiger partial charge in [-0.05, 0) is 24.3 Å². The Labute approximate surface area is 141 Å². The van der Waals surface area contributed by atoms with Gasteiger partial charge >= 0.3 is 0 Å². The first-order valence-electron chi connectivity index (χ1n) is 6.02. The smallest absolute Gasteiger partial charge is 0.161 e. The van der Waals surface area contributed by atoms with E-state index in [0.29, 0.717) is 37.1 Å². The first kappa shape index (κ1) is 16.4. The summed E-state index contributed by atoms with van der Waals surface area (Å²) in [5.41, 5.74) is 1.19. The molecule has 21 heavy (non-hydrogen) atoms. The number of aliphatic hydroxyl groups excluding tert-OH is 1. The first-order chi connectivity index (χ1) is 9.97. The van der Waals surface area contributed by atoms with E-state index in [-0.39, 0.29) is 0 Å². The van der Waals surface area contributed by atoms with Gasteiger partial charge in [0.15, 0.2) is 11.5 Å². The quantitative estimate of drug-likeness (QED) is 0.809. The molecule has 0 bridgehead atoms. The van der Waals surface area contributed by atoms with E-state index in [0.717, 1.165) is 0 Å². The zero-order valence-corrected chi connectivity index (χ0v) is 14.5. The number of hydrogen-bond donors (Lipinski definition) is 1. The third-order valence-corrected chi connectivity index (χ3v) is 4.30. The van der Waals surface area contributed by atoms with Crippen LogP contribution in [0.2, 0.25) is 10.0 Å². The Hall–Kier alpha value is -0.940. The highest BCUT2D eigenvalue weighted by atomic mass is 79.9. The van der Waals surface area contributed by atoms with Gasteiger partial charge in [-0.1, -0.05) is 45.2 Å². The molecule has 0 aliphatic heterocycles. The summed E-state index contributed by atoms with van der Waals surface area (Å²) < 4.78 is 11.2. The lowest BCUT2D eigenvalue weighted by atomic mass is 10.0. The third kappa shape index (κ3) is 3.46. The lowest BCUT2D eigenvalue weighted by molar-refractivity contribution is 0.218. The summed E-state index contributed by atoms with van der Waals surface area (Å²) in [7, 11) is 3.09. The summed E-state index contributed by atoms with van der Waals surface area (Å²) in [5.74, 6) is 1.10. The van der Waals surface area contributed by atoms with Crippen LogP contribution in [0.3, 0.4) is 0 Å². The van der Waals surface area contributed by atoms with Gasteiger partial charge in [0.1, 0.15) is 6.10 Å². The number of methoxy groups -OCH3 is 2. The Morgan fingerprint density at radius 3 is 2.19 bits per heavy atom. The van der Waals surface area contributed by atoms with Crippen molar-refractivity contribution in [3.63, 3.8) is 0 Å². The van der Waals surface area contributed by atoms with Crippen LogP contribution in [0.4, 0.5) is 0 Å². The molecule has 112 valence electrons. The van der Waals surface area contributed by atoms with Crippen LogP contribution >= 0.6 is 39.1 Å². The van der Waals surface area contributed by atoms with E-state index in [1.54, 1.807) is 37.4 Å². The molecule has 0 spiro atoms. The minimum absolute atomic E-state index is 0.400. The molecule has 2 aromatic carbocycles. The van der Waals surface area contributed by atoms with Crippen molar-refractivity contribution in [1.29, 1.82) is 0 Å². The average Bonchev–Trinajstić information content (AvgIpc) is 2.46. The maximum Gasteiger partial charge on any atom is 0.161 e. The molecule has 0 heterocycles. The Kier molecular flexibility index (Phi) is 5.38. The van der Waals surface area contributed by atoms with Gasteiger partial charge in [0, 0.05) is 25.6 Å². The van der Waals surface area contributed by atoms with E-state index in [9.17, 15) is 5.11 Å². The second kappa shape index (κ2) is 6.88. The van der Waals surface area contributed by atoms with Crippen LogP contribution in [0, 0.1) is 0 Å². The third-order valence-electron chi connectivity index (χ3n) is 3.05. The highest BCUT2D eigenvalue weighted by Gasteiger charge is 2.20. The van der Waals surface area contributed by atoms with Crippen molar-refractivity contribution in [2.75, 3.05) is 14.2 Å². The summed E-state index contributed by atoms with van der Waals surface area (Å²) >= 11 is 15.4. The van der Waals surface area contributed by atoms with Gasteiger partial charge in [0.2, 0.25) is 0 Å². The second-order valence-corrected chi connectivity index (χ2v) is 6.00. The average molecular weight is 392 g/mol. The minimum atomic E-state index is -0.913. The lowest BCUT2D eigenvalue weighted by Gasteiger charge is -2.17. The van der Waals surface area contributed by atoms with Crippen molar-refractivity contribution in [2.45, 2.75) is 6.10 Å². The van der Waals surface area contributed by atoms with Gasteiger partial charge < -0.3 is 14.6 Å². The molecule has 2 aromatic rings. The van der Waals surface area contributed by atoms with Crippen LogP contribution in [0.25, 0.3) is 0 Å². The molecule has 6 heteroatoms. The number of benzene rings is 2. The standard InChI is InChI=1S/C15H13BrCl2O3/c1-20-13-6-10(11(16)7-14(13)21-2)15(19)9-4-3-8(17)5-12(9)18/h3-7,15,19H,1-2H3. The van der Waals surface area contributed by atoms with Gasteiger partial charge in [-0.25, -0.2) is 0 Å². The second-order valence-electron chi connectivity index (χ2n) is 4.30. The molecule has 0 aliphatic carbocycles. The van der Waals surface area contributed by atoms with Crippen LogP contribution in [0.1, 0.15) is 17.2 Å². The fraction of sp³-hybridized carbons (Fsp3) is 0.200. The molecule has 0 radical (unpaired) electrons. The monoisotopic (exact) mass is 390 g/mol. The van der Waals surface area contributed by atoms with Gasteiger partial charge in [0.05, 0.1) is 14.2 Å². The molecular formula is C15H13BrCl2O3. The summed E-state index contributed by atoms with van der Waals surface area (Å²) in [5, 5.41) is 11.5. The number of ether oxygens (including phenoxy) is 2. The van der Waals surface area contributed by atoms with E-state index in [1.807, 2.05) is 0 Å². The normalized spacial score (nSPS) is 12.1. The SMILES string of the molecule is COc1cc(Br)c(C(O)c2ccc(Cl)cc2Cl)cc1OC. The van der Waals surface area contributed by atoms with Gasteiger partial charge in [0.25, 0.3) is 0 Å². The van der Waals surface area contributed by atoms with Crippen molar-refractivity contribution in [1.82, 2.24) is 0 Å². The number of aliphatic hydroxyl groups is 1. The number of rotatable bonds is 4. The number of halogens is 3. The van der Waals surface area contributed by atoms with Crippen LogP contribution in [-0.2, 0) is 0 Å². The maximum atomic E-state index is 10.6. The fourth-order valence-electron chi connectivity index (χ4n) is 1.97. The molecule has 0 aliphatic rings. The van der Waals surface area contributed by atoms with Crippen molar-refractivity contribution >= 4 is 39.1 Å². The highest BCUT2D eigenvalue weighted by molar-refractivity contribution is 9.10. The summed E-state index contributed by atoms with van der Waals surface area (Å²) in [6.45, 7) is 0. The largest absolute Gasteiger partial charge is 0.493 e. The van der Waals surface area contributed by atoms with E-state index in [1.165, 1.54) is 7.11 Å². The molecule has 0 fully saturated rings. The van der Waals surface area contributed by atoms with E-state index in [4.69, 9.17) is 32.7 Å². The van der Waals surface area contributed by atoms with Crippen molar-refractivity contribution < 1.29 is 14.6 Å². The van der Waals surface area contributed by atoms with Crippen molar-refractivity contribution in [2.24, 2.45) is 0 Å². The van der Waals surface area contributed by atoms with Crippen LogP contribution in [-0.4, -0.2) is 19.3 Å². The molecule has 1 unspecified atom stereocenters. The molecule has 1 N–H and O–H groups in total. The maximum absolute atomic E-state index is 10.6. The van der Waals surface area contributed by atoms with Crippen molar-refractivity contribution in [3.05, 3.63) is 56.0 Å². The summed E-state index contributed by atoms with van der Waals surface area (Å²) in [6.07, 6.45) is -0.913. The molecule has 1 atom stereocenters. The first-order valence-corrected chi connectivity index (χ1v) is 7.57. The summed E-state index contributed by atoms with van der Waals surface area (Å²) in [4.78, 5) is 0. The van der Waals surface area contributed by atoms with Gasteiger partial charge in [-0.3, -0.25) is 0 Å². The summed E-state index contributed by atoms with van der Waals surface area (Å²) in [6, 6.07) is 8.41.